The van der Waals surface area contributed by atoms with E-state index in [1.54, 1.807) is 0 Å². The molecular weight excluding hydrogens is 200 g/mol. The predicted octanol–water partition coefficient (Wildman–Crippen LogP) is 1.41. The zero-order chi connectivity index (χ0) is 11.4. The van der Waals surface area contributed by atoms with Crippen molar-refractivity contribution in [1.29, 1.82) is 0 Å². The molecule has 1 saturated carbocycles. The lowest BCUT2D eigenvalue weighted by Gasteiger charge is -2.20. The Balaban J connectivity index is 1.69. The van der Waals surface area contributed by atoms with E-state index in [-0.39, 0.29) is 0 Å². The maximum Gasteiger partial charge on any atom is 0.0689 e. The van der Waals surface area contributed by atoms with Crippen LogP contribution in [0.2, 0.25) is 0 Å². The Kier molecular flexibility index (Phi) is 4.38. The molecule has 3 heteroatoms. The minimum absolute atomic E-state index is 0.704. The molecule has 2 atom stereocenters. The van der Waals surface area contributed by atoms with Crippen molar-refractivity contribution in [2.24, 2.45) is 0 Å². The Morgan fingerprint density at radius 1 is 1.44 bits per heavy atom. The first-order valence-corrected chi connectivity index (χ1v) is 6.41. The van der Waals surface area contributed by atoms with Crippen molar-refractivity contribution < 1.29 is 4.74 Å². The third-order valence-electron chi connectivity index (χ3n) is 3.74. The molecule has 1 aliphatic heterocycles. The van der Waals surface area contributed by atoms with Crippen molar-refractivity contribution >= 4 is 0 Å². The first kappa shape index (κ1) is 12.1. The van der Waals surface area contributed by atoms with Gasteiger partial charge in [0.15, 0.2) is 0 Å². The van der Waals surface area contributed by atoms with Crippen molar-refractivity contribution in [2.75, 3.05) is 33.9 Å². The second-order valence-electron chi connectivity index (χ2n) is 5.21. The van der Waals surface area contributed by atoms with Crippen molar-refractivity contribution in [3.05, 3.63) is 11.6 Å². The van der Waals surface area contributed by atoms with Gasteiger partial charge in [-0.15, -0.1) is 0 Å². The van der Waals surface area contributed by atoms with Gasteiger partial charge in [-0.25, -0.2) is 0 Å². The fourth-order valence-electron chi connectivity index (χ4n) is 2.62. The molecule has 1 N–H and O–H groups in total. The fourth-order valence-corrected chi connectivity index (χ4v) is 2.62. The Morgan fingerprint density at radius 2 is 2.31 bits per heavy atom. The summed E-state index contributed by atoms with van der Waals surface area (Å²) in [7, 11) is 4.37. The number of hydrogen-bond acceptors (Lipinski definition) is 3. The molecule has 2 unspecified atom stereocenters. The number of nitrogens with one attached hydrogen (secondary N) is 1. The van der Waals surface area contributed by atoms with Crippen LogP contribution < -0.4 is 5.32 Å². The van der Waals surface area contributed by atoms with Gasteiger partial charge in [-0.3, -0.25) is 0 Å². The van der Waals surface area contributed by atoms with Crippen molar-refractivity contribution in [1.82, 2.24) is 10.2 Å². The minimum atomic E-state index is 0.704. The molecule has 92 valence electrons. The van der Waals surface area contributed by atoms with Crippen LogP contribution in [0.15, 0.2) is 11.6 Å². The molecule has 16 heavy (non-hydrogen) atoms. The molecule has 1 heterocycles. The van der Waals surface area contributed by atoms with E-state index in [4.69, 9.17) is 4.74 Å². The van der Waals surface area contributed by atoms with E-state index in [9.17, 15) is 0 Å². The molecule has 2 rings (SSSR count). The standard InChI is InChI=1S/C13H24N2O/c1-15(2)13-6-5-12(8-13)14-9-11-4-3-7-16-10-11/h4,12-14H,3,5-10H2,1-2H3. The lowest BCUT2D eigenvalue weighted by atomic mass is 10.1. The molecular formula is C13H24N2O. The molecule has 0 aromatic carbocycles. The summed E-state index contributed by atoms with van der Waals surface area (Å²) in [6.07, 6.45) is 7.36. The van der Waals surface area contributed by atoms with Gasteiger partial charge in [0.1, 0.15) is 0 Å². The fraction of sp³-hybridized carbons (Fsp3) is 0.846. The van der Waals surface area contributed by atoms with Gasteiger partial charge in [-0.2, -0.15) is 0 Å². The molecule has 0 bridgehead atoms. The Labute approximate surface area is 98.8 Å². The van der Waals surface area contributed by atoms with Crippen LogP contribution in [-0.4, -0.2) is 50.8 Å². The summed E-state index contributed by atoms with van der Waals surface area (Å²) in [4.78, 5) is 2.35. The number of hydrogen-bond donors (Lipinski definition) is 1. The highest BCUT2D eigenvalue weighted by atomic mass is 16.5. The molecule has 0 spiro atoms. The second-order valence-corrected chi connectivity index (χ2v) is 5.21. The Hall–Kier alpha value is -0.380. The van der Waals surface area contributed by atoms with Gasteiger partial charge in [0.2, 0.25) is 0 Å². The molecule has 3 nitrogen and oxygen atoms in total. The normalized spacial score (nSPS) is 30.8. The molecule has 0 amide bonds. The quantitative estimate of drug-likeness (QED) is 0.731. The molecule has 0 saturated heterocycles. The van der Waals surface area contributed by atoms with E-state index in [1.165, 1.54) is 24.8 Å². The lowest BCUT2D eigenvalue weighted by Crippen LogP contribution is -2.32. The van der Waals surface area contributed by atoms with Crippen molar-refractivity contribution in [3.8, 4) is 0 Å². The minimum Gasteiger partial charge on any atom is -0.377 e. The van der Waals surface area contributed by atoms with Crippen LogP contribution in [0.4, 0.5) is 0 Å². The molecule has 1 fully saturated rings. The highest BCUT2D eigenvalue weighted by molar-refractivity contribution is 5.07. The largest absolute Gasteiger partial charge is 0.377 e. The van der Waals surface area contributed by atoms with Gasteiger partial charge in [0.05, 0.1) is 13.2 Å². The van der Waals surface area contributed by atoms with Crippen molar-refractivity contribution in [3.63, 3.8) is 0 Å². The van der Waals surface area contributed by atoms with Crippen LogP contribution in [0.1, 0.15) is 25.7 Å². The third kappa shape index (κ3) is 3.30. The summed E-state index contributed by atoms with van der Waals surface area (Å²) in [6, 6.07) is 1.48. The van der Waals surface area contributed by atoms with Crippen molar-refractivity contribution in [2.45, 2.75) is 37.8 Å². The monoisotopic (exact) mass is 224 g/mol. The lowest BCUT2D eigenvalue weighted by molar-refractivity contribution is 0.148. The van der Waals surface area contributed by atoms with Gasteiger partial charge in [0, 0.05) is 18.6 Å². The smallest absolute Gasteiger partial charge is 0.0689 e. The molecule has 1 aliphatic carbocycles. The van der Waals surface area contributed by atoms with Crippen LogP contribution in [0.3, 0.4) is 0 Å². The summed E-state index contributed by atoms with van der Waals surface area (Å²) in [5.74, 6) is 0. The summed E-state index contributed by atoms with van der Waals surface area (Å²) in [5, 5.41) is 3.66. The van der Waals surface area contributed by atoms with Gasteiger partial charge in [-0.05, 0) is 45.4 Å². The van der Waals surface area contributed by atoms with Gasteiger partial charge < -0.3 is 15.0 Å². The summed E-state index contributed by atoms with van der Waals surface area (Å²) < 4.78 is 5.44. The summed E-state index contributed by atoms with van der Waals surface area (Å²) >= 11 is 0. The van der Waals surface area contributed by atoms with Crippen LogP contribution >= 0.6 is 0 Å². The topological polar surface area (TPSA) is 24.5 Å². The molecule has 0 aromatic rings. The zero-order valence-electron chi connectivity index (χ0n) is 10.5. The van der Waals surface area contributed by atoms with E-state index >= 15 is 0 Å². The Bertz CT molecular complexity index is 250. The molecule has 0 radical (unpaired) electrons. The number of ether oxygens (including phenoxy) is 1. The molecule has 2 aliphatic rings. The van der Waals surface area contributed by atoms with Crippen LogP contribution in [0, 0.1) is 0 Å². The predicted molar refractivity (Wildman–Crippen MR) is 66.6 cm³/mol. The second kappa shape index (κ2) is 5.80. The van der Waals surface area contributed by atoms with Gasteiger partial charge in [0.25, 0.3) is 0 Å². The SMILES string of the molecule is CN(C)C1CCC(NCC2=CCCOC2)C1. The van der Waals surface area contributed by atoms with E-state index in [0.29, 0.717) is 6.04 Å². The van der Waals surface area contributed by atoms with Crippen LogP contribution in [0.25, 0.3) is 0 Å². The first-order chi connectivity index (χ1) is 7.75. The van der Waals surface area contributed by atoms with Gasteiger partial charge in [-0.1, -0.05) is 6.08 Å². The van der Waals surface area contributed by atoms with E-state index in [2.05, 4.69) is 30.4 Å². The van der Waals surface area contributed by atoms with Gasteiger partial charge >= 0.3 is 0 Å². The van der Waals surface area contributed by atoms with Crippen LogP contribution in [0.5, 0.6) is 0 Å². The third-order valence-corrected chi connectivity index (χ3v) is 3.74. The van der Waals surface area contributed by atoms with E-state index in [1.807, 2.05) is 0 Å². The number of nitrogens with zero attached hydrogens (tertiary/aromatic N) is 1. The Morgan fingerprint density at radius 3 is 2.94 bits per heavy atom. The van der Waals surface area contributed by atoms with Crippen LogP contribution in [-0.2, 0) is 4.74 Å². The maximum absolute atomic E-state index is 5.44. The zero-order valence-corrected chi connectivity index (χ0v) is 10.5. The molecule has 0 aromatic heterocycles. The first-order valence-electron chi connectivity index (χ1n) is 6.41. The average molecular weight is 224 g/mol. The van der Waals surface area contributed by atoms with E-state index in [0.717, 1.165) is 32.2 Å². The highest BCUT2D eigenvalue weighted by Crippen LogP contribution is 2.22. The highest BCUT2D eigenvalue weighted by Gasteiger charge is 2.25. The van der Waals surface area contributed by atoms with E-state index < -0.39 is 0 Å². The number of rotatable bonds is 4. The maximum atomic E-state index is 5.44. The average Bonchev–Trinajstić information content (AvgIpc) is 2.76. The summed E-state index contributed by atoms with van der Waals surface area (Å²) in [5.41, 5.74) is 1.43. The summed E-state index contributed by atoms with van der Waals surface area (Å²) in [6.45, 7) is 2.75.